The Labute approximate surface area is 164 Å². The summed E-state index contributed by atoms with van der Waals surface area (Å²) in [6, 6.07) is 19.6. The molecule has 5 nitrogen and oxygen atoms in total. The Morgan fingerprint density at radius 1 is 0.714 bits per heavy atom. The molecule has 142 valence electrons. The molecule has 28 heavy (non-hydrogen) atoms. The standard InChI is InChI=1S/C23H22N2O3/c1-15-7-6-8-16(2)21(15)25-23(27)18-13-11-17(12-14-18)22(26)24-19-9-4-5-10-20(19)28-3/h4-14H,1-3H3,(H,24,26)(H,25,27). The highest BCUT2D eigenvalue weighted by atomic mass is 16.5. The number of aryl methyl sites for hydroxylation is 2. The highest BCUT2D eigenvalue weighted by Crippen LogP contribution is 2.24. The number of carbonyl (C=O) groups is 2. The minimum Gasteiger partial charge on any atom is -0.495 e. The van der Waals surface area contributed by atoms with Crippen LogP contribution in [-0.4, -0.2) is 18.9 Å². The van der Waals surface area contributed by atoms with Gasteiger partial charge in [-0.25, -0.2) is 0 Å². The molecule has 3 aromatic rings. The predicted octanol–water partition coefficient (Wildman–Crippen LogP) is 4.82. The van der Waals surface area contributed by atoms with E-state index in [0.717, 1.165) is 16.8 Å². The second kappa shape index (κ2) is 8.39. The average molecular weight is 374 g/mol. The van der Waals surface area contributed by atoms with E-state index >= 15 is 0 Å². The Morgan fingerprint density at radius 2 is 1.25 bits per heavy atom. The molecular formula is C23H22N2O3. The quantitative estimate of drug-likeness (QED) is 0.673. The number of nitrogens with one attached hydrogen (secondary N) is 2. The van der Waals surface area contributed by atoms with Gasteiger partial charge in [-0.3, -0.25) is 9.59 Å². The van der Waals surface area contributed by atoms with Crippen LogP contribution in [0.2, 0.25) is 0 Å². The van der Waals surface area contributed by atoms with Crippen molar-refractivity contribution in [2.45, 2.75) is 13.8 Å². The van der Waals surface area contributed by atoms with Gasteiger partial charge in [0.15, 0.2) is 0 Å². The summed E-state index contributed by atoms with van der Waals surface area (Å²) in [5, 5.41) is 5.76. The number of methoxy groups -OCH3 is 1. The van der Waals surface area contributed by atoms with Gasteiger partial charge in [-0.05, 0) is 61.4 Å². The van der Waals surface area contributed by atoms with E-state index in [-0.39, 0.29) is 11.8 Å². The smallest absolute Gasteiger partial charge is 0.255 e. The lowest BCUT2D eigenvalue weighted by molar-refractivity contribution is 0.101. The van der Waals surface area contributed by atoms with Crippen molar-refractivity contribution in [3.63, 3.8) is 0 Å². The highest BCUT2D eigenvalue weighted by Gasteiger charge is 2.12. The molecule has 5 heteroatoms. The van der Waals surface area contributed by atoms with Crippen LogP contribution in [0.25, 0.3) is 0 Å². The van der Waals surface area contributed by atoms with Gasteiger partial charge in [-0.1, -0.05) is 30.3 Å². The van der Waals surface area contributed by atoms with Gasteiger partial charge in [-0.15, -0.1) is 0 Å². The second-order valence-electron chi connectivity index (χ2n) is 6.45. The number of anilines is 2. The number of para-hydroxylation sites is 3. The lowest BCUT2D eigenvalue weighted by atomic mass is 10.1. The highest BCUT2D eigenvalue weighted by molar-refractivity contribution is 6.07. The first kappa shape index (κ1) is 19.2. The lowest BCUT2D eigenvalue weighted by Gasteiger charge is -2.12. The SMILES string of the molecule is COc1ccccc1NC(=O)c1ccc(C(=O)Nc2c(C)cccc2C)cc1. The predicted molar refractivity (Wildman–Crippen MR) is 111 cm³/mol. The first-order valence-corrected chi connectivity index (χ1v) is 8.91. The molecule has 0 aliphatic heterocycles. The largest absolute Gasteiger partial charge is 0.495 e. The van der Waals surface area contributed by atoms with E-state index in [4.69, 9.17) is 4.74 Å². The van der Waals surface area contributed by atoms with E-state index < -0.39 is 0 Å². The molecule has 2 amide bonds. The maximum Gasteiger partial charge on any atom is 0.255 e. The molecule has 0 atom stereocenters. The molecule has 3 rings (SSSR count). The summed E-state index contributed by atoms with van der Waals surface area (Å²) in [5.41, 5.74) is 4.34. The number of ether oxygens (including phenoxy) is 1. The zero-order chi connectivity index (χ0) is 20.1. The molecule has 0 radical (unpaired) electrons. The van der Waals surface area contributed by atoms with Crippen molar-refractivity contribution < 1.29 is 14.3 Å². The molecule has 2 N–H and O–H groups in total. The summed E-state index contributed by atoms with van der Waals surface area (Å²) in [6.45, 7) is 3.90. The molecular weight excluding hydrogens is 352 g/mol. The van der Waals surface area contributed by atoms with Gasteiger partial charge >= 0.3 is 0 Å². The van der Waals surface area contributed by atoms with Crippen LogP contribution in [0.3, 0.4) is 0 Å². The Morgan fingerprint density at radius 3 is 1.82 bits per heavy atom. The maximum atomic E-state index is 12.5. The van der Waals surface area contributed by atoms with E-state index in [2.05, 4.69) is 10.6 Å². The summed E-state index contributed by atoms with van der Waals surface area (Å²) >= 11 is 0. The molecule has 0 heterocycles. The van der Waals surface area contributed by atoms with Crippen LogP contribution in [0.1, 0.15) is 31.8 Å². The third kappa shape index (κ3) is 4.20. The Hall–Kier alpha value is -3.60. The van der Waals surface area contributed by atoms with E-state index in [0.29, 0.717) is 22.6 Å². The fourth-order valence-corrected chi connectivity index (χ4v) is 2.91. The molecule has 0 saturated heterocycles. The monoisotopic (exact) mass is 374 g/mol. The maximum absolute atomic E-state index is 12.5. The molecule has 0 aromatic heterocycles. The van der Waals surface area contributed by atoms with E-state index in [9.17, 15) is 9.59 Å². The third-order valence-corrected chi connectivity index (χ3v) is 4.48. The summed E-state index contributed by atoms with van der Waals surface area (Å²) in [7, 11) is 1.55. The van der Waals surface area contributed by atoms with Crippen molar-refractivity contribution in [1.29, 1.82) is 0 Å². The van der Waals surface area contributed by atoms with Crippen LogP contribution >= 0.6 is 0 Å². The Kier molecular flexibility index (Phi) is 5.75. The molecule has 0 aliphatic rings. The topological polar surface area (TPSA) is 67.4 Å². The Balaban J connectivity index is 1.72. The molecule has 0 spiro atoms. The second-order valence-corrected chi connectivity index (χ2v) is 6.45. The van der Waals surface area contributed by atoms with Crippen LogP contribution in [-0.2, 0) is 0 Å². The first-order valence-electron chi connectivity index (χ1n) is 8.91. The van der Waals surface area contributed by atoms with Crippen LogP contribution in [0.4, 0.5) is 11.4 Å². The van der Waals surface area contributed by atoms with Gasteiger partial charge in [-0.2, -0.15) is 0 Å². The summed E-state index contributed by atoms with van der Waals surface area (Å²) < 4.78 is 5.24. The minimum atomic E-state index is -0.272. The number of carbonyl (C=O) groups excluding carboxylic acids is 2. The van der Waals surface area contributed by atoms with Gasteiger partial charge in [0.1, 0.15) is 5.75 Å². The number of hydrogen-bond donors (Lipinski definition) is 2. The fraction of sp³-hybridized carbons (Fsp3) is 0.130. The van der Waals surface area contributed by atoms with E-state index in [1.54, 1.807) is 43.5 Å². The van der Waals surface area contributed by atoms with Crippen molar-refractivity contribution in [3.8, 4) is 5.75 Å². The summed E-state index contributed by atoms with van der Waals surface area (Å²) in [5.74, 6) is 0.0979. The number of amides is 2. The fourth-order valence-electron chi connectivity index (χ4n) is 2.91. The van der Waals surface area contributed by atoms with E-state index in [1.807, 2.05) is 44.2 Å². The zero-order valence-electron chi connectivity index (χ0n) is 16.1. The van der Waals surface area contributed by atoms with Crippen molar-refractivity contribution >= 4 is 23.2 Å². The molecule has 3 aromatic carbocycles. The number of rotatable bonds is 5. The molecule has 0 aliphatic carbocycles. The number of benzene rings is 3. The van der Waals surface area contributed by atoms with E-state index in [1.165, 1.54) is 0 Å². The van der Waals surface area contributed by atoms with Crippen molar-refractivity contribution in [1.82, 2.24) is 0 Å². The van der Waals surface area contributed by atoms with Gasteiger partial charge in [0.2, 0.25) is 0 Å². The van der Waals surface area contributed by atoms with Gasteiger partial charge < -0.3 is 15.4 Å². The van der Waals surface area contributed by atoms with Gasteiger partial charge in [0, 0.05) is 16.8 Å². The lowest BCUT2D eigenvalue weighted by Crippen LogP contribution is -2.15. The van der Waals surface area contributed by atoms with Crippen molar-refractivity contribution in [3.05, 3.63) is 89.0 Å². The zero-order valence-corrected chi connectivity index (χ0v) is 16.1. The van der Waals surface area contributed by atoms with Crippen molar-refractivity contribution in [2.24, 2.45) is 0 Å². The molecule has 0 bridgehead atoms. The van der Waals surface area contributed by atoms with Crippen LogP contribution in [0.5, 0.6) is 5.75 Å². The Bertz CT molecular complexity index is 990. The van der Waals surface area contributed by atoms with Crippen molar-refractivity contribution in [2.75, 3.05) is 17.7 Å². The van der Waals surface area contributed by atoms with Gasteiger partial charge in [0.05, 0.1) is 12.8 Å². The van der Waals surface area contributed by atoms with Gasteiger partial charge in [0.25, 0.3) is 11.8 Å². The normalized spacial score (nSPS) is 10.2. The molecule has 0 fully saturated rings. The summed E-state index contributed by atoms with van der Waals surface area (Å²) in [6.07, 6.45) is 0. The average Bonchev–Trinajstić information content (AvgIpc) is 2.71. The minimum absolute atomic E-state index is 0.214. The van der Waals surface area contributed by atoms with Crippen LogP contribution in [0, 0.1) is 13.8 Å². The first-order chi connectivity index (χ1) is 13.5. The number of hydrogen-bond acceptors (Lipinski definition) is 3. The van der Waals surface area contributed by atoms with Crippen LogP contribution in [0.15, 0.2) is 66.7 Å². The third-order valence-electron chi connectivity index (χ3n) is 4.48. The molecule has 0 unspecified atom stereocenters. The molecule has 0 saturated carbocycles. The summed E-state index contributed by atoms with van der Waals surface area (Å²) in [4.78, 5) is 25.0. The van der Waals surface area contributed by atoms with Crippen LogP contribution < -0.4 is 15.4 Å².